The number of nitrogens with zero attached hydrogens (tertiary/aromatic N) is 2. The first-order valence-corrected chi connectivity index (χ1v) is 7.16. The maximum Gasteiger partial charge on any atom is 0.335 e. The van der Waals surface area contributed by atoms with Crippen molar-refractivity contribution in [2.45, 2.75) is 38.6 Å². The summed E-state index contributed by atoms with van der Waals surface area (Å²) in [4.78, 5) is 18.0. The minimum Gasteiger partial charge on any atom is -0.478 e. The molecule has 0 amide bonds. The van der Waals surface area contributed by atoms with Crippen LogP contribution < -0.4 is 5.32 Å². The fraction of sp³-hybridized carbons (Fsp3) is 0.600. The predicted molar refractivity (Wildman–Crippen MR) is 79.4 cm³/mol. The van der Waals surface area contributed by atoms with Crippen LogP contribution in [-0.4, -0.2) is 47.1 Å². The van der Waals surface area contributed by atoms with Gasteiger partial charge in [0, 0.05) is 11.7 Å². The molecule has 1 saturated heterocycles. The van der Waals surface area contributed by atoms with Crippen molar-refractivity contribution in [2.24, 2.45) is 0 Å². The number of hydrogen-bond acceptors (Lipinski definition) is 4. The topological polar surface area (TPSA) is 65.5 Å². The highest BCUT2D eigenvalue weighted by Gasteiger charge is 2.18. The van der Waals surface area contributed by atoms with Crippen molar-refractivity contribution in [2.75, 3.05) is 25.5 Å². The third-order valence-electron chi connectivity index (χ3n) is 3.75. The summed E-state index contributed by atoms with van der Waals surface area (Å²) < 4.78 is 0. The number of piperidine rings is 1. The number of likely N-dealkylation sites (tertiary alicyclic amines) is 1. The highest BCUT2D eigenvalue weighted by molar-refractivity contribution is 5.88. The van der Waals surface area contributed by atoms with Gasteiger partial charge in [0.2, 0.25) is 0 Å². The van der Waals surface area contributed by atoms with Gasteiger partial charge in [0.05, 0.1) is 5.56 Å². The van der Waals surface area contributed by atoms with Crippen LogP contribution in [0.2, 0.25) is 0 Å². The Bertz CT molecular complexity index is 480. The quantitative estimate of drug-likeness (QED) is 0.884. The third kappa shape index (κ3) is 3.70. The zero-order valence-electron chi connectivity index (χ0n) is 12.4. The second kappa shape index (κ2) is 6.22. The molecule has 0 spiro atoms. The number of pyridine rings is 1. The molecule has 0 unspecified atom stereocenters. The maximum absolute atomic E-state index is 11.2. The first kappa shape index (κ1) is 14.8. The van der Waals surface area contributed by atoms with E-state index in [4.69, 9.17) is 0 Å². The van der Waals surface area contributed by atoms with Crippen LogP contribution in [0.4, 0.5) is 5.82 Å². The van der Waals surface area contributed by atoms with Crippen molar-refractivity contribution in [3.05, 3.63) is 23.4 Å². The number of carbonyl (C=O) groups is 1. The van der Waals surface area contributed by atoms with Gasteiger partial charge in [0.15, 0.2) is 0 Å². The minimum absolute atomic E-state index is 0.215. The lowest BCUT2D eigenvalue weighted by Gasteiger charge is -2.30. The molecule has 1 aromatic rings. The Labute approximate surface area is 120 Å². The van der Waals surface area contributed by atoms with Gasteiger partial charge in [0.1, 0.15) is 5.82 Å². The lowest BCUT2D eigenvalue weighted by Crippen LogP contribution is -2.37. The average Bonchev–Trinajstić information content (AvgIpc) is 2.41. The lowest BCUT2D eigenvalue weighted by molar-refractivity contribution is 0.0696. The number of rotatable bonds is 4. The number of carboxylic acid groups (broad SMARTS) is 1. The summed E-state index contributed by atoms with van der Waals surface area (Å²) in [7, 11) is 2.12. The summed E-state index contributed by atoms with van der Waals surface area (Å²) in [5, 5.41) is 12.6. The van der Waals surface area contributed by atoms with Gasteiger partial charge in [-0.15, -0.1) is 0 Å². The summed E-state index contributed by atoms with van der Waals surface area (Å²) in [6.07, 6.45) is 2.12. The summed E-state index contributed by atoms with van der Waals surface area (Å²) in [5.74, 6) is -0.00350. The molecule has 0 aromatic carbocycles. The molecule has 2 heterocycles. The molecule has 1 aliphatic rings. The molecule has 0 saturated carbocycles. The average molecular weight is 277 g/mol. The molecule has 1 aliphatic heterocycles. The Morgan fingerprint density at radius 1 is 1.40 bits per heavy atom. The van der Waals surface area contributed by atoms with Crippen LogP contribution in [0.3, 0.4) is 0 Å². The number of aromatic carboxylic acids is 1. The Morgan fingerprint density at radius 2 is 2.05 bits per heavy atom. The summed E-state index contributed by atoms with van der Waals surface area (Å²) in [6, 6.07) is 3.67. The largest absolute Gasteiger partial charge is 0.478 e. The maximum atomic E-state index is 11.2. The van der Waals surface area contributed by atoms with Crippen LogP contribution in [0.5, 0.6) is 0 Å². The van der Waals surface area contributed by atoms with Crippen LogP contribution >= 0.6 is 0 Å². The number of nitrogens with one attached hydrogen (secondary N) is 1. The van der Waals surface area contributed by atoms with Crippen molar-refractivity contribution in [3.63, 3.8) is 0 Å². The van der Waals surface area contributed by atoms with Gasteiger partial charge < -0.3 is 15.3 Å². The van der Waals surface area contributed by atoms with Crippen molar-refractivity contribution in [1.82, 2.24) is 9.88 Å². The van der Waals surface area contributed by atoms with Crippen LogP contribution in [0.15, 0.2) is 12.1 Å². The summed E-state index contributed by atoms with van der Waals surface area (Å²) in [6.45, 7) is 6.17. The number of hydrogen-bond donors (Lipinski definition) is 2. The lowest BCUT2D eigenvalue weighted by atomic mass is 10.0. The standard InChI is InChI=1S/C15H23N3O2/c1-10(2)13-8-11(15(19)20)9-14(17-13)16-12-4-6-18(3)7-5-12/h8-10,12H,4-7H2,1-3H3,(H,16,17)(H,19,20). The molecule has 5 heteroatoms. The summed E-state index contributed by atoms with van der Waals surface area (Å²) >= 11 is 0. The van der Waals surface area contributed by atoms with Gasteiger partial charge in [-0.05, 0) is 51.0 Å². The van der Waals surface area contributed by atoms with E-state index in [-0.39, 0.29) is 5.92 Å². The van der Waals surface area contributed by atoms with Gasteiger partial charge in [-0.3, -0.25) is 0 Å². The second-order valence-electron chi connectivity index (χ2n) is 5.85. The van der Waals surface area contributed by atoms with Crippen LogP contribution in [-0.2, 0) is 0 Å². The van der Waals surface area contributed by atoms with E-state index in [0.717, 1.165) is 31.6 Å². The molecule has 110 valence electrons. The Balaban J connectivity index is 2.16. The molecule has 0 bridgehead atoms. The van der Waals surface area contributed by atoms with Gasteiger partial charge in [-0.25, -0.2) is 9.78 Å². The molecule has 1 aromatic heterocycles. The highest BCUT2D eigenvalue weighted by Crippen LogP contribution is 2.20. The number of aromatic nitrogens is 1. The van der Waals surface area contributed by atoms with Crippen LogP contribution in [0, 0.1) is 0 Å². The Hall–Kier alpha value is -1.62. The van der Waals surface area contributed by atoms with Gasteiger partial charge >= 0.3 is 5.97 Å². The monoisotopic (exact) mass is 277 g/mol. The molecular formula is C15H23N3O2. The molecule has 2 rings (SSSR count). The van der Waals surface area contributed by atoms with E-state index in [1.807, 2.05) is 13.8 Å². The minimum atomic E-state index is -0.902. The van der Waals surface area contributed by atoms with Gasteiger partial charge in [-0.1, -0.05) is 13.8 Å². The molecule has 2 N–H and O–H groups in total. The zero-order valence-corrected chi connectivity index (χ0v) is 12.4. The molecule has 0 radical (unpaired) electrons. The smallest absolute Gasteiger partial charge is 0.335 e. The first-order valence-electron chi connectivity index (χ1n) is 7.16. The fourth-order valence-corrected chi connectivity index (χ4v) is 2.41. The molecule has 0 aliphatic carbocycles. The number of carboxylic acids is 1. The molecule has 5 nitrogen and oxygen atoms in total. The van der Waals surface area contributed by atoms with E-state index in [9.17, 15) is 9.90 Å². The highest BCUT2D eigenvalue weighted by atomic mass is 16.4. The molecule has 1 fully saturated rings. The van der Waals surface area contributed by atoms with E-state index < -0.39 is 5.97 Å². The van der Waals surface area contributed by atoms with Crippen LogP contribution in [0.25, 0.3) is 0 Å². The van der Waals surface area contributed by atoms with E-state index in [1.54, 1.807) is 12.1 Å². The SMILES string of the molecule is CC(C)c1cc(C(=O)O)cc(NC2CCN(C)CC2)n1. The Kier molecular flexibility index (Phi) is 4.60. The first-order chi connectivity index (χ1) is 9.45. The fourth-order valence-electron chi connectivity index (χ4n) is 2.41. The van der Waals surface area contributed by atoms with Gasteiger partial charge in [-0.2, -0.15) is 0 Å². The normalized spacial score (nSPS) is 17.4. The van der Waals surface area contributed by atoms with E-state index >= 15 is 0 Å². The van der Waals surface area contributed by atoms with Gasteiger partial charge in [0.25, 0.3) is 0 Å². The molecule has 0 atom stereocenters. The molecular weight excluding hydrogens is 254 g/mol. The van der Waals surface area contributed by atoms with Crippen molar-refractivity contribution < 1.29 is 9.90 Å². The second-order valence-corrected chi connectivity index (χ2v) is 5.85. The number of anilines is 1. The van der Waals surface area contributed by atoms with Crippen molar-refractivity contribution in [1.29, 1.82) is 0 Å². The van der Waals surface area contributed by atoms with E-state index in [1.165, 1.54) is 0 Å². The van der Waals surface area contributed by atoms with E-state index in [0.29, 0.717) is 17.4 Å². The zero-order chi connectivity index (χ0) is 14.7. The summed E-state index contributed by atoms with van der Waals surface area (Å²) in [5.41, 5.74) is 1.12. The predicted octanol–water partition coefficient (Wildman–Crippen LogP) is 2.41. The molecule has 20 heavy (non-hydrogen) atoms. The van der Waals surface area contributed by atoms with Crippen molar-refractivity contribution >= 4 is 11.8 Å². The van der Waals surface area contributed by atoms with Crippen LogP contribution in [0.1, 0.15) is 48.7 Å². The Morgan fingerprint density at radius 3 is 2.60 bits per heavy atom. The third-order valence-corrected chi connectivity index (χ3v) is 3.75. The van der Waals surface area contributed by atoms with Crippen molar-refractivity contribution in [3.8, 4) is 0 Å². The van der Waals surface area contributed by atoms with E-state index in [2.05, 4.69) is 22.2 Å².